The lowest BCUT2D eigenvalue weighted by atomic mass is 9.70. The number of hydrogen-bond acceptors (Lipinski definition) is 4. The summed E-state index contributed by atoms with van der Waals surface area (Å²) in [4.78, 5) is 18.5. The van der Waals surface area contributed by atoms with Crippen LogP contribution < -0.4 is 5.73 Å². The van der Waals surface area contributed by atoms with E-state index in [0.29, 0.717) is 12.1 Å². The summed E-state index contributed by atoms with van der Waals surface area (Å²) < 4.78 is 28.9. The third kappa shape index (κ3) is 3.82. The maximum absolute atomic E-state index is 12.2. The predicted octanol–water partition coefficient (Wildman–Crippen LogP) is 1.99. The largest absolute Gasteiger partial charge is 0.366 e. The smallest absolute Gasteiger partial charge is 0.345 e. The minimum Gasteiger partial charge on any atom is -0.366 e. The normalized spacial score (nSPS) is 33.4. The van der Waals surface area contributed by atoms with E-state index in [4.69, 9.17) is 5.73 Å². The van der Waals surface area contributed by atoms with Crippen LogP contribution in [0.2, 0.25) is 0 Å². The third-order valence-corrected chi connectivity index (χ3v) is 5.76. The van der Waals surface area contributed by atoms with Crippen LogP contribution in [0.25, 0.3) is 0 Å². The van der Waals surface area contributed by atoms with E-state index in [-0.39, 0.29) is 29.9 Å². The van der Waals surface area contributed by atoms with Gasteiger partial charge in [0.25, 0.3) is 0 Å². The fourth-order valence-electron chi connectivity index (χ4n) is 4.19. The van der Waals surface area contributed by atoms with Gasteiger partial charge in [0.1, 0.15) is 0 Å². The number of nitrogens with two attached hydrogens (primary N) is 1. The van der Waals surface area contributed by atoms with E-state index in [0.717, 1.165) is 25.9 Å². The molecule has 3 aliphatic rings. The summed E-state index contributed by atoms with van der Waals surface area (Å²) in [6.07, 6.45) is 9.34. The highest BCUT2D eigenvalue weighted by atomic mass is 19.3. The molecule has 25 heavy (non-hydrogen) atoms. The number of alkyl halides is 2. The summed E-state index contributed by atoms with van der Waals surface area (Å²) in [5.74, 6) is 0.0373. The Morgan fingerprint density at radius 3 is 2.84 bits per heavy atom. The number of allylic oxidation sites excluding steroid dienone is 1. The van der Waals surface area contributed by atoms with Crippen LogP contribution in [0.4, 0.5) is 8.78 Å². The Labute approximate surface area is 146 Å². The number of likely N-dealkylation sites (tertiary alicyclic amines) is 1. The number of rotatable bonds is 5. The van der Waals surface area contributed by atoms with Gasteiger partial charge in [0.2, 0.25) is 5.91 Å². The first-order chi connectivity index (χ1) is 11.9. The Kier molecular flexibility index (Phi) is 5.34. The molecule has 0 saturated carbocycles. The Morgan fingerprint density at radius 1 is 1.48 bits per heavy atom. The minimum absolute atomic E-state index is 0.112. The van der Waals surface area contributed by atoms with Gasteiger partial charge in [-0.15, -0.1) is 0 Å². The fourth-order valence-corrected chi connectivity index (χ4v) is 4.19. The number of carbonyl (C=O) groups excluding carboxylic acids is 1. The summed E-state index contributed by atoms with van der Waals surface area (Å²) >= 11 is 0. The maximum Gasteiger partial charge on any atom is 0.345 e. The van der Waals surface area contributed by atoms with Crippen LogP contribution in [0.15, 0.2) is 28.8 Å². The number of halogens is 2. The molecule has 3 rings (SSSR count). The van der Waals surface area contributed by atoms with Gasteiger partial charge in [-0.1, -0.05) is 18.2 Å². The lowest BCUT2D eigenvalue weighted by Crippen LogP contribution is -2.59. The van der Waals surface area contributed by atoms with E-state index in [2.05, 4.69) is 21.6 Å². The molecule has 2 N–H and O–H groups in total. The molecule has 0 aromatic heterocycles. The molecular formula is C18H25F2N3O2. The zero-order valence-electron chi connectivity index (χ0n) is 14.4. The number of aliphatic imine (C=N–C) groups is 1. The Hall–Kier alpha value is -1.60. The van der Waals surface area contributed by atoms with Crippen LogP contribution in [0.3, 0.4) is 0 Å². The Balaban J connectivity index is 1.70. The van der Waals surface area contributed by atoms with Gasteiger partial charge >= 0.3 is 6.61 Å². The molecule has 0 bridgehead atoms. The van der Waals surface area contributed by atoms with E-state index in [1.54, 1.807) is 6.08 Å². The maximum atomic E-state index is 12.2. The Bertz CT molecular complexity index is 597. The van der Waals surface area contributed by atoms with Crippen molar-refractivity contribution in [3.63, 3.8) is 0 Å². The molecule has 5 nitrogen and oxygen atoms in total. The molecule has 0 radical (unpaired) electrons. The summed E-state index contributed by atoms with van der Waals surface area (Å²) in [6.45, 7) is 1.87. The van der Waals surface area contributed by atoms with Crippen LogP contribution in [0.5, 0.6) is 0 Å². The predicted molar refractivity (Wildman–Crippen MR) is 91.4 cm³/mol. The molecule has 2 aliphatic heterocycles. The summed E-state index contributed by atoms with van der Waals surface area (Å²) in [5.41, 5.74) is 5.79. The van der Waals surface area contributed by atoms with Crippen LogP contribution >= 0.6 is 0 Å². The molecule has 2 heterocycles. The lowest BCUT2D eigenvalue weighted by molar-refractivity contribution is -0.142. The molecule has 0 aromatic rings. The van der Waals surface area contributed by atoms with Gasteiger partial charge in [0.05, 0.1) is 13.2 Å². The van der Waals surface area contributed by atoms with Crippen molar-refractivity contribution in [3.8, 4) is 0 Å². The van der Waals surface area contributed by atoms with E-state index in [1.807, 2.05) is 18.4 Å². The van der Waals surface area contributed by atoms with Crippen molar-refractivity contribution >= 4 is 12.1 Å². The first-order valence-electron chi connectivity index (χ1n) is 8.75. The fraction of sp³-hybridized carbons (Fsp3) is 0.667. The molecule has 138 valence electrons. The summed E-state index contributed by atoms with van der Waals surface area (Å²) in [6, 6.07) is 0. The van der Waals surface area contributed by atoms with Gasteiger partial charge in [-0.05, 0) is 38.8 Å². The highest BCUT2D eigenvalue weighted by Crippen LogP contribution is 2.40. The van der Waals surface area contributed by atoms with E-state index >= 15 is 0 Å². The monoisotopic (exact) mass is 353 g/mol. The van der Waals surface area contributed by atoms with Crippen molar-refractivity contribution in [1.29, 1.82) is 0 Å². The van der Waals surface area contributed by atoms with Crippen LogP contribution in [0, 0.1) is 17.8 Å². The van der Waals surface area contributed by atoms with Crippen molar-refractivity contribution in [3.05, 3.63) is 23.8 Å². The van der Waals surface area contributed by atoms with Crippen molar-refractivity contribution in [2.24, 2.45) is 28.5 Å². The van der Waals surface area contributed by atoms with Crippen molar-refractivity contribution in [1.82, 2.24) is 4.90 Å². The second kappa shape index (κ2) is 7.33. The zero-order chi connectivity index (χ0) is 18.0. The molecule has 1 amide bonds. The first-order valence-corrected chi connectivity index (χ1v) is 8.75. The number of fused-ring (bicyclic) bond motifs is 1. The van der Waals surface area contributed by atoms with E-state index < -0.39 is 12.5 Å². The zero-order valence-corrected chi connectivity index (χ0v) is 14.4. The topological polar surface area (TPSA) is 67.9 Å². The summed E-state index contributed by atoms with van der Waals surface area (Å²) in [5, 5.41) is 0. The van der Waals surface area contributed by atoms with Crippen LogP contribution in [-0.2, 0) is 9.53 Å². The van der Waals surface area contributed by atoms with Crippen molar-refractivity contribution in [2.45, 2.75) is 31.9 Å². The number of carbonyl (C=O) groups is 1. The Morgan fingerprint density at radius 2 is 2.20 bits per heavy atom. The second-order valence-corrected chi connectivity index (χ2v) is 7.32. The highest BCUT2D eigenvalue weighted by Gasteiger charge is 2.45. The minimum atomic E-state index is -2.70. The molecule has 1 fully saturated rings. The molecule has 7 heteroatoms. The van der Waals surface area contributed by atoms with Gasteiger partial charge in [0.15, 0.2) is 0 Å². The standard InChI is InChI=1S/C18H25F2N3O2/c1-18(23-6-4-12(5-7-23)10-25-17(19)20)11-22-9-14-3-2-13(16(21)24)8-15(14)18/h2-3,8-9,12,14-15,17H,4-7,10-11H2,1H3,(H2,21,24). The molecule has 3 unspecified atom stereocenters. The highest BCUT2D eigenvalue weighted by molar-refractivity contribution is 5.95. The number of primary amides is 1. The van der Waals surface area contributed by atoms with Gasteiger partial charge in [-0.3, -0.25) is 14.7 Å². The van der Waals surface area contributed by atoms with Gasteiger partial charge in [-0.25, -0.2) is 0 Å². The summed E-state index contributed by atoms with van der Waals surface area (Å²) in [7, 11) is 0. The molecule has 1 aliphatic carbocycles. The number of nitrogens with zero attached hydrogens (tertiary/aromatic N) is 2. The van der Waals surface area contributed by atoms with Gasteiger partial charge < -0.3 is 10.5 Å². The lowest BCUT2D eigenvalue weighted by Gasteiger charge is -2.51. The SMILES string of the molecule is CC1(N2CCC(COC(F)F)CC2)CN=CC2C=CC(C(N)=O)=CC21. The first kappa shape index (κ1) is 18.2. The molecular weight excluding hydrogens is 328 g/mol. The van der Waals surface area contributed by atoms with Crippen molar-refractivity contribution in [2.75, 3.05) is 26.2 Å². The molecule has 1 saturated heterocycles. The van der Waals surface area contributed by atoms with Crippen LogP contribution in [0.1, 0.15) is 19.8 Å². The van der Waals surface area contributed by atoms with Gasteiger partial charge in [-0.2, -0.15) is 8.78 Å². The van der Waals surface area contributed by atoms with Crippen LogP contribution in [-0.4, -0.2) is 55.4 Å². The number of hydrogen-bond donors (Lipinski definition) is 1. The molecule has 0 spiro atoms. The second-order valence-electron chi connectivity index (χ2n) is 7.32. The number of amides is 1. The van der Waals surface area contributed by atoms with Crippen molar-refractivity contribution < 1.29 is 18.3 Å². The third-order valence-electron chi connectivity index (χ3n) is 5.76. The average Bonchev–Trinajstić information content (AvgIpc) is 2.60. The molecule has 0 aromatic carbocycles. The van der Waals surface area contributed by atoms with E-state index in [9.17, 15) is 13.6 Å². The average molecular weight is 353 g/mol. The number of piperidine rings is 1. The molecule has 3 atom stereocenters. The quantitative estimate of drug-likeness (QED) is 0.822. The number of ether oxygens (including phenoxy) is 1. The van der Waals surface area contributed by atoms with E-state index in [1.165, 1.54) is 0 Å². The van der Waals surface area contributed by atoms with Gasteiger partial charge in [0, 0.05) is 29.2 Å².